The van der Waals surface area contributed by atoms with Crippen LogP contribution in [-0.4, -0.2) is 60.4 Å². The Bertz CT molecular complexity index is 432. The number of hydrogen-bond donors (Lipinski definition) is 2. The van der Waals surface area contributed by atoms with E-state index >= 15 is 0 Å². The van der Waals surface area contributed by atoms with E-state index in [-0.39, 0.29) is 19.0 Å². The molecule has 0 atom stereocenters. The maximum atomic E-state index is 12.2. The summed E-state index contributed by atoms with van der Waals surface area (Å²) in [5.41, 5.74) is -1.14. The van der Waals surface area contributed by atoms with E-state index < -0.39 is 23.4 Å². The minimum atomic E-state index is -0.570. The molecule has 8 nitrogen and oxygen atoms in total. The number of alkyl carbamates (subject to hydrolysis) is 2. The molecule has 0 rings (SSSR count). The van der Waals surface area contributed by atoms with E-state index in [1.165, 1.54) is 0 Å². The molecule has 0 saturated carbocycles. The van der Waals surface area contributed by atoms with Crippen molar-refractivity contribution in [1.82, 2.24) is 15.5 Å². The lowest BCUT2D eigenvalue weighted by molar-refractivity contribution is -0.131. The fourth-order valence-corrected chi connectivity index (χ4v) is 1.95. The first-order valence-electron chi connectivity index (χ1n) is 9.05. The van der Waals surface area contributed by atoms with Crippen LogP contribution < -0.4 is 10.6 Å². The fraction of sp³-hybridized carbons (Fsp3) is 0.833. The Kier molecular flexibility index (Phi) is 10.0. The molecule has 0 radical (unpaired) electrons. The molecule has 8 heteroatoms. The van der Waals surface area contributed by atoms with Crippen molar-refractivity contribution in [3.8, 4) is 0 Å². The highest BCUT2D eigenvalue weighted by atomic mass is 16.6. The van der Waals surface area contributed by atoms with Gasteiger partial charge in [0.1, 0.15) is 11.2 Å². The van der Waals surface area contributed by atoms with Crippen LogP contribution in [0.3, 0.4) is 0 Å². The van der Waals surface area contributed by atoms with Gasteiger partial charge in [0.05, 0.1) is 0 Å². The van der Waals surface area contributed by atoms with E-state index in [1.807, 2.05) is 6.92 Å². The van der Waals surface area contributed by atoms with Crippen molar-refractivity contribution in [1.29, 1.82) is 0 Å². The summed E-state index contributed by atoms with van der Waals surface area (Å²) >= 11 is 0. The molecule has 0 spiro atoms. The topological polar surface area (TPSA) is 97.0 Å². The third-order valence-electron chi connectivity index (χ3n) is 2.92. The first kappa shape index (κ1) is 24.0. The van der Waals surface area contributed by atoms with Gasteiger partial charge in [-0.2, -0.15) is 0 Å². The second kappa shape index (κ2) is 10.9. The summed E-state index contributed by atoms with van der Waals surface area (Å²) in [6.07, 6.45) is 0.104. The molecule has 0 unspecified atom stereocenters. The number of nitrogens with one attached hydrogen (secondary N) is 2. The standard InChI is InChI=1S/C18H35N3O5/c1-8-9-14(22)21(12-10-19-15(23)25-17(2,3)4)13-11-20-16(24)26-18(5,6)7/h8-13H2,1-7H3,(H,19,23)(H,20,24). The van der Waals surface area contributed by atoms with Gasteiger partial charge < -0.3 is 25.0 Å². The summed E-state index contributed by atoms with van der Waals surface area (Å²) in [7, 11) is 0. The molecule has 0 heterocycles. The van der Waals surface area contributed by atoms with Crippen molar-refractivity contribution in [3.63, 3.8) is 0 Å². The Balaban J connectivity index is 4.39. The molecule has 0 fully saturated rings. The quantitative estimate of drug-likeness (QED) is 0.682. The summed E-state index contributed by atoms with van der Waals surface area (Å²) in [6, 6.07) is 0. The van der Waals surface area contributed by atoms with Gasteiger partial charge in [-0.05, 0) is 48.0 Å². The number of rotatable bonds is 8. The largest absolute Gasteiger partial charge is 0.444 e. The molecule has 0 aromatic rings. The molecule has 0 aliphatic rings. The van der Waals surface area contributed by atoms with Crippen molar-refractivity contribution >= 4 is 18.1 Å². The Morgan fingerprint density at radius 2 is 1.19 bits per heavy atom. The van der Waals surface area contributed by atoms with Crippen LogP contribution in [0.4, 0.5) is 9.59 Å². The van der Waals surface area contributed by atoms with Gasteiger partial charge in [0.25, 0.3) is 0 Å². The lowest BCUT2D eigenvalue weighted by atomic mass is 10.2. The molecule has 0 saturated heterocycles. The van der Waals surface area contributed by atoms with Gasteiger partial charge in [-0.1, -0.05) is 6.92 Å². The highest BCUT2D eigenvalue weighted by molar-refractivity contribution is 5.76. The summed E-state index contributed by atoms with van der Waals surface area (Å²) in [5, 5.41) is 5.26. The maximum Gasteiger partial charge on any atom is 0.407 e. The molecule has 2 N–H and O–H groups in total. The number of nitrogens with zero attached hydrogens (tertiary/aromatic N) is 1. The Morgan fingerprint density at radius 1 is 0.808 bits per heavy atom. The zero-order chi connectivity index (χ0) is 20.4. The van der Waals surface area contributed by atoms with Crippen LogP contribution in [0.1, 0.15) is 61.3 Å². The van der Waals surface area contributed by atoms with Crippen LogP contribution in [0, 0.1) is 0 Å². The average molecular weight is 373 g/mol. The minimum Gasteiger partial charge on any atom is -0.444 e. The molecular formula is C18H35N3O5. The van der Waals surface area contributed by atoms with E-state index in [4.69, 9.17) is 9.47 Å². The van der Waals surface area contributed by atoms with Crippen molar-refractivity contribution in [2.45, 2.75) is 72.5 Å². The highest BCUT2D eigenvalue weighted by Gasteiger charge is 2.18. The number of ether oxygens (including phenoxy) is 2. The summed E-state index contributed by atoms with van der Waals surface area (Å²) in [6.45, 7) is 13.9. The van der Waals surface area contributed by atoms with Crippen LogP contribution >= 0.6 is 0 Å². The van der Waals surface area contributed by atoms with E-state index in [9.17, 15) is 14.4 Å². The van der Waals surface area contributed by atoms with Crippen molar-refractivity contribution in [2.24, 2.45) is 0 Å². The molecule has 0 aliphatic heterocycles. The predicted molar refractivity (Wildman–Crippen MR) is 100.0 cm³/mol. The molecule has 0 bridgehead atoms. The highest BCUT2D eigenvalue weighted by Crippen LogP contribution is 2.07. The minimum absolute atomic E-state index is 0.0236. The lowest BCUT2D eigenvalue weighted by Gasteiger charge is -2.25. The van der Waals surface area contributed by atoms with Crippen LogP contribution in [0.2, 0.25) is 0 Å². The first-order valence-corrected chi connectivity index (χ1v) is 9.05. The SMILES string of the molecule is CCCC(=O)N(CCNC(=O)OC(C)(C)C)CCNC(=O)OC(C)(C)C. The van der Waals surface area contributed by atoms with Crippen LogP contribution in [0.5, 0.6) is 0 Å². The monoisotopic (exact) mass is 373 g/mol. The number of carbonyl (C=O) groups is 3. The van der Waals surface area contributed by atoms with Crippen LogP contribution in [0.15, 0.2) is 0 Å². The number of carbonyl (C=O) groups excluding carboxylic acids is 3. The molecule has 0 aromatic carbocycles. The summed E-state index contributed by atoms with van der Waals surface area (Å²) < 4.78 is 10.3. The molecule has 26 heavy (non-hydrogen) atoms. The second-order valence-corrected chi connectivity index (χ2v) is 7.99. The van der Waals surface area contributed by atoms with Gasteiger partial charge in [-0.15, -0.1) is 0 Å². The molecule has 0 aliphatic carbocycles. The van der Waals surface area contributed by atoms with Gasteiger partial charge in [0, 0.05) is 32.6 Å². The van der Waals surface area contributed by atoms with Crippen molar-refractivity contribution in [2.75, 3.05) is 26.2 Å². The zero-order valence-electron chi connectivity index (χ0n) is 17.2. The third-order valence-corrected chi connectivity index (χ3v) is 2.92. The van der Waals surface area contributed by atoms with Gasteiger partial charge >= 0.3 is 12.2 Å². The Hall–Kier alpha value is -1.99. The Morgan fingerprint density at radius 3 is 1.50 bits per heavy atom. The normalized spacial score (nSPS) is 11.5. The summed E-state index contributed by atoms with van der Waals surface area (Å²) in [5.74, 6) is -0.0236. The van der Waals surface area contributed by atoms with Crippen LogP contribution in [-0.2, 0) is 14.3 Å². The average Bonchev–Trinajstić information content (AvgIpc) is 2.41. The first-order chi connectivity index (χ1) is 11.8. The van der Waals surface area contributed by atoms with E-state index in [2.05, 4.69) is 10.6 Å². The van der Waals surface area contributed by atoms with E-state index in [1.54, 1.807) is 46.4 Å². The maximum absolute atomic E-state index is 12.2. The van der Waals surface area contributed by atoms with E-state index in [0.29, 0.717) is 19.5 Å². The van der Waals surface area contributed by atoms with Crippen LogP contribution in [0.25, 0.3) is 0 Å². The van der Waals surface area contributed by atoms with Gasteiger partial charge in [0.15, 0.2) is 0 Å². The van der Waals surface area contributed by atoms with Crippen molar-refractivity contribution in [3.05, 3.63) is 0 Å². The Labute approximate surface area is 157 Å². The summed E-state index contributed by atoms with van der Waals surface area (Å²) in [4.78, 5) is 37.1. The molecule has 3 amide bonds. The van der Waals surface area contributed by atoms with Gasteiger partial charge in [-0.3, -0.25) is 4.79 Å². The van der Waals surface area contributed by atoms with Crippen molar-refractivity contribution < 1.29 is 23.9 Å². The smallest absolute Gasteiger partial charge is 0.407 e. The van der Waals surface area contributed by atoms with Gasteiger partial charge in [-0.25, -0.2) is 9.59 Å². The van der Waals surface area contributed by atoms with Gasteiger partial charge in [0.2, 0.25) is 5.91 Å². The number of hydrogen-bond acceptors (Lipinski definition) is 5. The molecule has 152 valence electrons. The second-order valence-electron chi connectivity index (χ2n) is 7.99. The third kappa shape index (κ3) is 13.3. The van der Waals surface area contributed by atoms with E-state index in [0.717, 1.165) is 6.42 Å². The molecule has 0 aromatic heterocycles. The molecular weight excluding hydrogens is 338 g/mol. The zero-order valence-corrected chi connectivity index (χ0v) is 17.2. The lowest BCUT2D eigenvalue weighted by Crippen LogP contribution is -2.44. The number of amides is 3. The predicted octanol–water partition coefficient (Wildman–Crippen LogP) is 2.66. The fourth-order valence-electron chi connectivity index (χ4n) is 1.95.